The first kappa shape index (κ1) is 24.3. The summed E-state index contributed by atoms with van der Waals surface area (Å²) < 4.78 is 33.4. The van der Waals surface area contributed by atoms with Crippen LogP contribution in [0.2, 0.25) is 0 Å². The van der Waals surface area contributed by atoms with E-state index in [1.54, 1.807) is 35.2 Å². The average Bonchev–Trinajstić information content (AvgIpc) is 2.82. The number of anilines is 1. The fraction of sp³-hybridized carbons (Fsp3) is 0.269. The SMILES string of the molecule is COc1ccccc1N(C)S(=O)(=O)c1ccc(C)c(C(=O)N(Cc2ccccc2)C(C)C)c1. The van der Waals surface area contributed by atoms with Crippen LogP contribution in [0.3, 0.4) is 0 Å². The number of hydrogen-bond donors (Lipinski definition) is 0. The van der Waals surface area contributed by atoms with Gasteiger partial charge in [-0.25, -0.2) is 8.42 Å². The Bertz CT molecular complexity index is 1220. The Hall–Kier alpha value is -3.32. The molecule has 0 spiro atoms. The molecule has 6 nitrogen and oxygen atoms in total. The largest absolute Gasteiger partial charge is 0.495 e. The first-order chi connectivity index (χ1) is 15.7. The van der Waals surface area contributed by atoms with Gasteiger partial charge in [-0.2, -0.15) is 0 Å². The summed E-state index contributed by atoms with van der Waals surface area (Å²) in [6, 6.07) is 21.3. The van der Waals surface area contributed by atoms with Crippen LogP contribution in [-0.4, -0.2) is 39.4 Å². The van der Waals surface area contributed by atoms with Gasteiger partial charge in [0.1, 0.15) is 5.75 Å². The fourth-order valence-electron chi connectivity index (χ4n) is 3.59. The zero-order valence-electron chi connectivity index (χ0n) is 19.6. The van der Waals surface area contributed by atoms with Crippen LogP contribution < -0.4 is 9.04 Å². The van der Waals surface area contributed by atoms with Gasteiger partial charge in [-0.1, -0.05) is 48.5 Å². The van der Waals surface area contributed by atoms with Crippen LogP contribution >= 0.6 is 0 Å². The number of ether oxygens (including phenoxy) is 1. The van der Waals surface area contributed by atoms with E-state index < -0.39 is 10.0 Å². The van der Waals surface area contributed by atoms with Gasteiger partial charge in [-0.05, 0) is 56.2 Å². The standard InChI is InChI=1S/C26H30N2O4S/c1-19(2)28(18-21-11-7-6-8-12-21)26(29)23-17-22(16-15-20(23)3)33(30,31)27(4)24-13-9-10-14-25(24)32-5/h6-17,19H,18H2,1-5H3. The van der Waals surface area contributed by atoms with Crippen molar-refractivity contribution in [3.05, 3.63) is 89.5 Å². The number of methoxy groups -OCH3 is 1. The van der Waals surface area contributed by atoms with Gasteiger partial charge in [0, 0.05) is 25.2 Å². The lowest BCUT2D eigenvalue weighted by Crippen LogP contribution is -2.37. The Kier molecular flexibility index (Phi) is 7.43. The molecule has 0 aliphatic carbocycles. The minimum atomic E-state index is -3.92. The van der Waals surface area contributed by atoms with E-state index in [0.29, 0.717) is 23.5 Å². The van der Waals surface area contributed by atoms with Crippen LogP contribution in [0.15, 0.2) is 77.7 Å². The number of carbonyl (C=O) groups excluding carboxylic acids is 1. The number of hydrogen-bond acceptors (Lipinski definition) is 4. The van der Waals surface area contributed by atoms with Crippen LogP contribution in [0.1, 0.15) is 35.3 Å². The molecule has 0 saturated carbocycles. The fourth-order valence-corrected chi connectivity index (χ4v) is 4.83. The number of benzene rings is 3. The molecule has 3 aromatic rings. The van der Waals surface area contributed by atoms with Crippen molar-refractivity contribution < 1.29 is 17.9 Å². The van der Waals surface area contributed by atoms with Crippen LogP contribution in [0.4, 0.5) is 5.69 Å². The van der Waals surface area contributed by atoms with Gasteiger partial charge in [-0.3, -0.25) is 9.10 Å². The molecule has 7 heteroatoms. The normalized spacial score (nSPS) is 11.3. The number of aryl methyl sites for hydroxylation is 1. The molecule has 3 rings (SSSR count). The van der Waals surface area contributed by atoms with Gasteiger partial charge >= 0.3 is 0 Å². The van der Waals surface area contributed by atoms with Crippen molar-refractivity contribution in [3.63, 3.8) is 0 Å². The van der Waals surface area contributed by atoms with Gasteiger partial charge in [0.25, 0.3) is 15.9 Å². The predicted octanol–water partition coefficient (Wildman–Crippen LogP) is 4.88. The van der Waals surface area contributed by atoms with Crippen LogP contribution in [0.25, 0.3) is 0 Å². The molecule has 0 aliphatic rings. The van der Waals surface area contributed by atoms with E-state index in [2.05, 4.69) is 0 Å². The summed E-state index contributed by atoms with van der Waals surface area (Å²) in [5.74, 6) is 0.240. The van der Waals surface area contributed by atoms with E-state index in [4.69, 9.17) is 4.74 Å². The molecule has 0 heterocycles. The summed E-state index contributed by atoms with van der Waals surface area (Å²) in [5, 5.41) is 0. The molecule has 0 N–H and O–H groups in total. The molecule has 0 aromatic heterocycles. The maximum atomic E-state index is 13.5. The quantitative estimate of drug-likeness (QED) is 0.475. The molecular weight excluding hydrogens is 436 g/mol. The van der Waals surface area contributed by atoms with Gasteiger partial charge in [0.05, 0.1) is 17.7 Å². The lowest BCUT2D eigenvalue weighted by molar-refractivity contribution is 0.0689. The minimum absolute atomic E-state index is 0.0493. The molecule has 0 bridgehead atoms. The first-order valence-corrected chi connectivity index (χ1v) is 12.2. The Labute approximate surface area is 196 Å². The number of carbonyl (C=O) groups is 1. The van der Waals surface area contributed by atoms with Crippen molar-refractivity contribution in [1.29, 1.82) is 0 Å². The Morgan fingerprint density at radius 1 is 0.970 bits per heavy atom. The van der Waals surface area contributed by atoms with Crippen molar-refractivity contribution in [1.82, 2.24) is 4.90 Å². The summed E-state index contributed by atoms with van der Waals surface area (Å²) in [7, 11) is -0.948. The van der Waals surface area contributed by atoms with Gasteiger partial charge < -0.3 is 9.64 Å². The van der Waals surface area contributed by atoms with Crippen LogP contribution in [0, 0.1) is 6.92 Å². The molecule has 174 valence electrons. The zero-order valence-corrected chi connectivity index (χ0v) is 20.5. The van der Waals surface area contributed by atoms with Crippen molar-refractivity contribution >= 4 is 21.6 Å². The highest BCUT2D eigenvalue weighted by atomic mass is 32.2. The highest BCUT2D eigenvalue weighted by molar-refractivity contribution is 7.92. The average molecular weight is 467 g/mol. The molecule has 0 aliphatic heterocycles. The molecule has 0 radical (unpaired) electrons. The monoisotopic (exact) mass is 466 g/mol. The van der Waals surface area contributed by atoms with Crippen LogP contribution in [0.5, 0.6) is 5.75 Å². The van der Waals surface area contributed by atoms with E-state index in [-0.39, 0.29) is 16.8 Å². The number of nitrogens with zero attached hydrogens (tertiary/aromatic N) is 2. The Morgan fingerprint density at radius 2 is 1.61 bits per heavy atom. The maximum Gasteiger partial charge on any atom is 0.264 e. The van der Waals surface area contributed by atoms with Crippen molar-refractivity contribution in [2.24, 2.45) is 0 Å². The van der Waals surface area contributed by atoms with Gasteiger partial charge in [0.2, 0.25) is 0 Å². The molecule has 0 fully saturated rings. The highest BCUT2D eigenvalue weighted by Gasteiger charge is 2.27. The predicted molar refractivity (Wildman–Crippen MR) is 131 cm³/mol. The minimum Gasteiger partial charge on any atom is -0.495 e. The lowest BCUT2D eigenvalue weighted by Gasteiger charge is -2.28. The Balaban J connectivity index is 1.99. The second-order valence-corrected chi connectivity index (χ2v) is 10.1. The second-order valence-electron chi connectivity index (χ2n) is 8.13. The third-order valence-corrected chi connectivity index (χ3v) is 7.37. The topological polar surface area (TPSA) is 66.9 Å². The molecule has 33 heavy (non-hydrogen) atoms. The van der Waals surface area contributed by atoms with E-state index >= 15 is 0 Å². The molecule has 0 atom stereocenters. The zero-order chi connectivity index (χ0) is 24.2. The number of para-hydroxylation sites is 2. The number of amides is 1. The van der Waals surface area contributed by atoms with E-state index in [9.17, 15) is 13.2 Å². The molecule has 0 saturated heterocycles. The summed E-state index contributed by atoms with van der Waals surface area (Å²) in [4.78, 5) is 15.3. The van der Waals surface area contributed by atoms with Crippen molar-refractivity contribution in [3.8, 4) is 5.75 Å². The van der Waals surface area contributed by atoms with E-state index in [1.165, 1.54) is 30.6 Å². The van der Waals surface area contributed by atoms with Crippen molar-refractivity contribution in [2.45, 2.75) is 38.3 Å². The molecule has 3 aromatic carbocycles. The van der Waals surface area contributed by atoms with Crippen LogP contribution in [-0.2, 0) is 16.6 Å². The highest BCUT2D eigenvalue weighted by Crippen LogP contribution is 2.31. The van der Waals surface area contributed by atoms with Crippen molar-refractivity contribution in [2.75, 3.05) is 18.5 Å². The third kappa shape index (κ3) is 5.20. The third-order valence-electron chi connectivity index (χ3n) is 5.60. The second kappa shape index (κ2) is 10.1. The van der Waals surface area contributed by atoms with E-state index in [1.807, 2.05) is 51.1 Å². The van der Waals surface area contributed by atoms with Gasteiger partial charge in [0.15, 0.2) is 0 Å². The molecule has 0 unspecified atom stereocenters. The summed E-state index contributed by atoms with van der Waals surface area (Å²) in [6.07, 6.45) is 0. The lowest BCUT2D eigenvalue weighted by atomic mass is 10.1. The first-order valence-electron chi connectivity index (χ1n) is 10.7. The summed E-state index contributed by atoms with van der Waals surface area (Å²) >= 11 is 0. The number of rotatable bonds is 8. The smallest absolute Gasteiger partial charge is 0.264 e. The molecular formula is C26H30N2O4S. The van der Waals surface area contributed by atoms with Gasteiger partial charge in [-0.15, -0.1) is 0 Å². The van der Waals surface area contributed by atoms with E-state index in [0.717, 1.165) is 11.1 Å². The number of sulfonamides is 1. The maximum absolute atomic E-state index is 13.5. The summed E-state index contributed by atoms with van der Waals surface area (Å²) in [6.45, 7) is 6.15. The molecule has 1 amide bonds. The Morgan fingerprint density at radius 3 is 2.24 bits per heavy atom. The summed E-state index contributed by atoms with van der Waals surface area (Å²) in [5.41, 5.74) is 2.52.